The maximum atomic E-state index is 13.1. The summed E-state index contributed by atoms with van der Waals surface area (Å²) in [5, 5.41) is 3.30. The standard InChI is InChI=1S/C14H15FN4S/c15-11-2-1-3-12(8-11)20-13-9-17-14(18-10-13)19-6-4-16-5-7-19/h1-3,8-10,16H,4-7H2. The Labute approximate surface area is 121 Å². The predicted octanol–water partition coefficient (Wildman–Crippen LogP) is 2.18. The summed E-state index contributed by atoms with van der Waals surface area (Å²) in [4.78, 5) is 12.7. The monoisotopic (exact) mass is 290 g/mol. The average molecular weight is 290 g/mol. The first-order valence-electron chi connectivity index (χ1n) is 6.52. The number of halogens is 1. The van der Waals surface area contributed by atoms with E-state index in [1.807, 2.05) is 6.07 Å². The van der Waals surface area contributed by atoms with Crippen LogP contribution < -0.4 is 10.2 Å². The van der Waals surface area contributed by atoms with Crippen LogP contribution in [0.5, 0.6) is 0 Å². The fraction of sp³-hybridized carbons (Fsp3) is 0.286. The third kappa shape index (κ3) is 3.26. The van der Waals surface area contributed by atoms with Gasteiger partial charge in [-0.1, -0.05) is 17.8 Å². The molecule has 0 aliphatic carbocycles. The Morgan fingerprint density at radius 1 is 1.10 bits per heavy atom. The highest BCUT2D eigenvalue weighted by atomic mass is 32.2. The van der Waals surface area contributed by atoms with Crippen LogP contribution in [-0.2, 0) is 0 Å². The van der Waals surface area contributed by atoms with Crippen LogP contribution in [-0.4, -0.2) is 36.1 Å². The number of rotatable bonds is 3. The van der Waals surface area contributed by atoms with Crippen LogP contribution in [0.1, 0.15) is 0 Å². The molecule has 0 saturated carbocycles. The molecular weight excluding hydrogens is 275 g/mol. The van der Waals surface area contributed by atoms with Gasteiger partial charge in [0.1, 0.15) is 5.82 Å². The van der Waals surface area contributed by atoms with Crippen molar-refractivity contribution in [2.24, 2.45) is 0 Å². The van der Waals surface area contributed by atoms with Crippen LogP contribution in [0, 0.1) is 5.82 Å². The molecule has 0 radical (unpaired) electrons. The lowest BCUT2D eigenvalue weighted by atomic mass is 10.4. The van der Waals surface area contributed by atoms with Gasteiger partial charge in [0.25, 0.3) is 0 Å². The number of hydrogen-bond donors (Lipinski definition) is 1. The number of anilines is 1. The van der Waals surface area contributed by atoms with Crippen molar-refractivity contribution in [3.63, 3.8) is 0 Å². The number of piperazine rings is 1. The summed E-state index contributed by atoms with van der Waals surface area (Å²) >= 11 is 1.46. The van der Waals surface area contributed by atoms with Gasteiger partial charge in [0.05, 0.1) is 0 Å². The summed E-state index contributed by atoms with van der Waals surface area (Å²) in [6.07, 6.45) is 3.58. The number of nitrogens with zero attached hydrogens (tertiary/aromatic N) is 3. The van der Waals surface area contributed by atoms with Gasteiger partial charge in [-0.05, 0) is 18.2 Å². The van der Waals surface area contributed by atoms with E-state index in [1.165, 1.54) is 23.9 Å². The largest absolute Gasteiger partial charge is 0.338 e. The highest BCUT2D eigenvalue weighted by Crippen LogP contribution is 2.27. The Hall–Kier alpha value is -1.66. The predicted molar refractivity (Wildman–Crippen MR) is 77.6 cm³/mol. The summed E-state index contributed by atoms with van der Waals surface area (Å²) in [5.74, 6) is 0.531. The summed E-state index contributed by atoms with van der Waals surface area (Å²) < 4.78 is 13.1. The van der Waals surface area contributed by atoms with E-state index in [-0.39, 0.29) is 5.82 Å². The smallest absolute Gasteiger partial charge is 0.225 e. The van der Waals surface area contributed by atoms with Crippen molar-refractivity contribution in [2.75, 3.05) is 31.1 Å². The lowest BCUT2D eigenvalue weighted by Gasteiger charge is -2.27. The van der Waals surface area contributed by atoms with Gasteiger partial charge in [0, 0.05) is 48.4 Å². The van der Waals surface area contributed by atoms with Gasteiger partial charge >= 0.3 is 0 Å². The maximum absolute atomic E-state index is 13.1. The van der Waals surface area contributed by atoms with Gasteiger partial charge in [-0.3, -0.25) is 0 Å². The van der Waals surface area contributed by atoms with Crippen molar-refractivity contribution in [1.82, 2.24) is 15.3 Å². The second-order valence-electron chi connectivity index (χ2n) is 4.52. The minimum atomic E-state index is -0.228. The van der Waals surface area contributed by atoms with E-state index < -0.39 is 0 Å². The third-order valence-corrected chi connectivity index (χ3v) is 3.98. The molecule has 1 aromatic carbocycles. The molecular formula is C14H15FN4S. The van der Waals surface area contributed by atoms with Crippen LogP contribution in [0.15, 0.2) is 46.5 Å². The van der Waals surface area contributed by atoms with Crippen LogP contribution in [0.3, 0.4) is 0 Å². The minimum Gasteiger partial charge on any atom is -0.338 e. The molecule has 1 saturated heterocycles. The fourth-order valence-electron chi connectivity index (χ4n) is 2.06. The van der Waals surface area contributed by atoms with Crippen molar-refractivity contribution in [2.45, 2.75) is 9.79 Å². The molecule has 0 bridgehead atoms. The highest BCUT2D eigenvalue weighted by molar-refractivity contribution is 7.99. The molecule has 1 N–H and O–H groups in total. The van der Waals surface area contributed by atoms with Gasteiger partial charge in [0.2, 0.25) is 5.95 Å². The Morgan fingerprint density at radius 2 is 1.85 bits per heavy atom. The molecule has 1 aliphatic rings. The van der Waals surface area contributed by atoms with Crippen molar-refractivity contribution in [1.29, 1.82) is 0 Å². The van der Waals surface area contributed by atoms with Gasteiger partial charge in [-0.2, -0.15) is 0 Å². The SMILES string of the molecule is Fc1cccc(Sc2cnc(N3CCNCC3)nc2)c1. The second kappa shape index (κ2) is 6.19. The topological polar surface area (TPSA) is 41.1 Å². The van der Waals surface area contributed by atoms with E-state index in [9.17, 15) is 4.39 Å². The van der Waals surface area contributed by atoms with Crippen LogP contribution in [0.25, 0.3) is 0 Å². The number of aromatic nitrogens is 2. The zero-order valence-electron chi connectivity index (χ0n) is 10.9. The highest BCUT2D eigenvalue weighted by Gasteiger charge is 2.12. The molecule has 0 atom stereocenters. The minimum absolute atomic E-state index is 0.228. The first-order valence-corrected chi connectivity index (χ1v) is 7.34. The molecule has 104 valence electrons. The number of hydrogen-bond acceptors (Lipinski definition) is 5. The van der Waals surface area contributed by atoms with Gasteiger partial charge < -0.3 is 10.2 Å². The molecule has 3 rings (SSSR count). The number of nitrogens with one attached hydrogen (secondary N) is 1. The Morgan fingerprint density at radius 3 is 2.55 bits per heavy atom. The lowest BCUT2D eigenvalue weighted by Crippen LogP contribution is -2.44. The normalized spacial score (nSPS) is 15.3. The Balaban J connectivity index is 1.69. The summed E-state index contributed by atoms with van der Waals surface area (Å²) in [7, 11) is 0. The molecule has 1 aromatic heterocycles. The Kier molecular flexibility index (Phi) is 4.13. The van der Waals surface area contributed by atoms with Crippen LogP contribution in [0.4, 0.5) is 10.3 Å². The summed E-state index contributed by atoms with van der Waals surface area (Å²) in [5.41, 5.74) is 0. The molecule has 2 aromatic rings. The first-order chi connectivity index (χ1) is 9.81. The second-order valence-corrected chi connectivity index (χ2v) is 5.66. The fourth-order valence-corrected chi connectivity index (χ4v) is 2.86. The quantitative estimate of drug-likeness (QED) is 0.938. The zero-order valence-corrected chi connectivity index (χ0v) is 11.7. The molecule has 4 nitrogen and oxygen atoms in total. The van der Waals surface area contributed by atoms with Crippen LogP contribution >= 0.6 is 11.8 Å². The lowest BCUT2D eigenvalue weighted by molar-refractivity contribution is 0.579. The zero-order chi connectivity index (χ0) is 13.8. The van der Waals surface area contributed by atoms with E-state index in [1.54, 1.807) is 18.5 Å². The summed E-state index contributed by atoms with van der Waals surface area (Å²) in [6.45, 7) is 3.78. The molecule has 20 heavy (non-hydrogen) atoms. The number of benzene rings is 1. The first kappa shape index (κ1) is 13.3. The molecule has 1 aliphatic heterocycles. The van der Waals surface area contributed by atoms with Gasteiger partial charge in [-0.15, -0.1) is 0 Å². The van der Waals surface area contributed by atoms with E-state index in [0.29, 0.717) is 0 Å². The molecule has 1 fully saturated rings. The molecule has 0 unspecified atom stereocenters. The molecule has 2 heterocycles. The van der Waals surface area contributed by atoms with E-state index in [4.69, 9.17) is 0 Å². The average Bonchev–Trinajstić information content (AvgIpc) is 2.49. The van der Waals surface area contributed by atoms with Gasteiger partial charge in [0.15, 0.2) is 0 Å². The van der Waals surface area contributed by atoms with Crippen molar-refractivity contribution >= 4 is 17.7 Å². The van der Waals surface area contributed by atoms with E-state index >= 15 is 0 Å². The maximum Gasteiger partial charge on any atom is 0.225 e. The third-order valence-electron chi connectivity index (χ3n) is 3.05. The molecule has 6 heteroatoms. The van der Waals surface area contributed by atoms with Crippen LogP contribution in [0.2, 0.25) is 0 Å². The van der Waals surface area contributed by atoms with Crippen molar-refractivity contribution < 1.29 is 4.39 Å². The molecule has 0 amide bonds. The summed E-state index contributed by atoms with van der Waals surface area (Å²) in [6, 6.07) is 6.52. The van der Waals surface area contributed by atoms with E-state index in [0.717, 1.165) is 41.9 Å². The van der Waals surface area contributed by atoms with Crippen molar-refractivity contribution in [3.8, 4) is 0 Å². The van der Waals surface area contributed by atoms with Crippen molar-refractivity contribution in [3.05, 3.63) is 42.5 Å². The van der Waals surface area contributed by atoms with E-state index in [2.05, 4.69) is 20.2 Å². The Bertz CT molecular complexity index is 570. The molecule has 0 spiro atoms. The van der Waals surface area contributed by atoms with Gasteiger partial charge in [-0.25, -0.2) is 14.4 Å².